The molecule has 0 unspecified atom stereocenters. The molecule has 2 heterocycles. The lowest BCUT2D eigenvalue weighted by Gasteiger charge is -2.35. The Balaban J connectivity index is 1.49. The van der Waals surface area contributed by atoms with Crippen LogP contribution in [0.1, 0.15) is 48.7 Å². The fourth-order valence-corrected chi connectivity index (χ4v) is 5.76. The minimum Gasteiger partial charge on any atom is -0.478 e. The van der Waals surface area contributed by atoms with Crippen LogP contribution in [-0.2, 0) is 4.79 Å². The van der Waals surface area contributed by atoms with Crippen molar-refractivity contribution in [3.8, 4) is 11.3 Å². The lowest BCUT2D eigenvalue weighted by molar-refractivity contribution is -0.124. The summed E-state index contributed by atoms with van der Waals surface area (Å²) in [6, 6.07) is 20.0. The molecule has 1 amide bonds. The van der Waals surface area contributed by atoms with Crippen LogP contribution < -0.4 is 0 Å². The van der Waals surface area contributed by atoms with Crippen LogP contribution in [0, 0.1) is 5.92 Å². The van der Waals surface area contributed by atoms with Crippen molar-refractivity contribution in [1.29, 1.82) is 0 Å². The molecule has 0 radical (unpaired) electrons. The number of rotatable bonds is 5. The van der Waals surface area contributed by atoms with Crippen molar-refractivity contribution >= 4 is 40.6 Å². The third-order valence-corrected chi connectivity index (χ3v) is 7.52. The summed E-state index contributed by atoms with van der Waals surface area (Å²) in [4.78, 5) is 32.5. The monoisotopic (exact) mass is 486 g/mol. The Bertz CT molecular complexity index is 1310. The molecule has 7 heteroatoms. The summed E-state index contributed by atoms with van der Waals surface area (Å²) in [7, 11) is 0. The highest BCUT2D eigenvalue weighted by atomic mass is 32.2. The molecule has 2 atom stereocenters. The maximum absolute atomic E-state index is 13.6. The second kappa shape index (κ2) is 9.96. The van der Waals surface area contributed by atoms with Gasteiger partial charge in [0, 0.05) is 17.7 Å². The zero-order chi connectivity index (χ0) is 24.4. The minimum atomic E-state index is -1.02. The molecule has 2 aromatic carbocycles. The number of nitrogens with zero attached hydrogens (tertiary/aromatic N) is 2. The zero-order valence-corrected chi connectivity index (χ0v) is 20.2. The van der Waals surface area contributed by atoms with Crippen LogP contribution in [0.4, 0.5) is 5.69 Å². The van der Waals surface area contributed by atoms with Crippen molar-refractivity contribution in [2.45, 2.75) is 38.6 Å². The number of carbonyl (C=O) groups excluding carboxylic acids is 1. The summed E-state index contributed by atoms with van der Waals surface area (Å²) in [5, 5.41) is 10.2. The summed E-state index contributed by atoms with van der Waals surface area (Å²) < 4.78 is 5.96. The Labute approximate surface area is 208 Å². The van der Waals surface area contributed by atoms with Crippen molar-refractivity contribution in [3.63, 3.8) is 0 Å². The molecule has 2 fully saturated rings. The van der Waals surface area contributed by atoms with Gasteiger partial charge in [0.25, 0.3) is 5.91 Å². The van der Waals surface area contributed by atoms with E-state index in [0.29, 0.717) is 33.1 Å². The van der Waals surface area contributed by atoms with E-state index in [4.69, 9.17) is 9.41 Å². The average Bonchev–Trinajstić information content (AvgIpc) is 3.45. The van der Waals surface area contributed by atoms with Crippen LogP contribution in [0.25, 0.3) is 17.4 Å². The Morgan fingerprint density at radius 2 is 1.80 bits per heavy atom. The summed E-state index contributed by atoms with van der Waals surface area (Å²) in [5.41, 5.74) is 1.48. The third kappa shape index (κ3) is 4.82. The molecule has 35 heavy (non-hydrogen) atoms. The van der Waals surface area contributed by atoms with Gasteiger partial charge in [0.15, 0.2) is 5.17 Å². The van der Waals surface area contributed by atoms with Gasteiger partial charge >= 0.3 is 5.97 Å². The Morgan fingerprint density at radius 3 is 2.57 bits per heavy atom. The quantitative estimate of drug-likeness (QED) is 0.400. The number of carboxylic acid groups (broad SMARTS) is 1. The van der Waals surface area contributed by atoms with E-state index >= 15 is 0 Å². The van der Waals surface area contributed by atoms with Gasteiger partial charge in [-0.15, -0.1) is 0 Å². The molecule has 3 aromatic rings. The number of thioether (sulfide) groups is 1. The van der Waals surface area contributed by atoms with Gasteiger partial charge in [-0.25, -0.2) is 9.79 Å². The fourth-order valence-electron chi connectivity index (χ4n) is 4.74. The number of carboxylic acids is 1. The van der Waals surface area contributed by atoms with Crippen molar-refractivity contribution in [3.05, 3.63) is 83.0 Å². The molecular formula is C28H26N2O4S. The number of hydrogen-bond acceptors (Lipinski definition) is 5. The highest BCUT2D eigenvalue weighted by Gasteiger charge is 2.41. The summed E-state index contributed by atoms with van der Waals surface area (Å²) >= 11 is 1.36. The summed E-state index contributed by atoms with van der Waals surface area (Å²) in [5.74, 6) is 0.260. The van der Waals surface area contributed by atoms with Gasteiger partial charge in [0.2, 0.25) is 0 Å². The van der Waals surface area contributed by atoms with Crippen molar-refractivity contribution < 1.29 is 19.1 Å². The topological polar surface area (TPSA) is 83.1 Å². The summed E-state index contributed by atoms with van der Waals surface area (Å²) in [6.45, 7) is 2.21. The SMILES string of the molecule is C[C@@H]1CCCC[C@H]1N1C(=O)/C(=C/c2ccc(-c3ccccc3C(=O)O)o2)SC1=Nc1ccccc1. The first-order valence-corrected chi connectivity index (χ1v) is 12.6. The summed E-state index contributed by atoms with van der Waals surface area (Å²) in [6.07, 6.45) is 6.08. The highest BCUT2D eigenvalue weighted by molar-refractivity contribution is 8.18. The molecule has 6 nitrogen and oxygen atoms in total. The third-order valence-electron chi connectivity index (χ3n) is 6.54. The van der Waals surface area contributed by atoms with Gasteiger partial charge in [-0.05, 0) is 60.9 Å². The zero-order valence-electron chi connectivity index (χ0n) is 19.4. The molecule has 1 aromatic heterocycles. The highest BCUT2D eigenvalue weighted by Crippen LogP contribution is 2.40. The van der Waals surface area contributed by atoms with E-state index in [2.05, 4.69) is 6.92 Å². The van der Waals surface area contributed by atoms with Crippen LogP contribution in [0.15, 0.2) is 81.0 Å². The van der Waals surface area contributed by atoms with E-state index in [-0.39, 0.29) is 17.5 Å². The van der Waals surface area contributed by atoms with Gasteiger partial charge in [-0.1, -0.05) is 56.2 Å². The Kier molecular flexibility index (Phi) is 6.59. The second-order valence-corrected chi connectivity index (χ2v) is 9.91. The van der Waals surface area contributed by atoms with Crippen LogP contribution in [0.5, 0.6) is 0 Å². The largest absolute Gasteiger partial charge is 0.478 e. The van der Waals surface area contributed by atoms with Crippen LogP contribution >= 0.6 is 11.8 Å². The molecule has 1 aliphatic carbocycles. The first kappa shape index (κ1) is 23.2. The van der Waals surface area contributed by atoms with Gasteiger partial charge in [-0.3, -0.25) is 9.69 Å². The normalized spacial score (nSPS) is 22.8. The van der Waals surface area contributed by atoms with Gasteiger partial charge in [0.1, 0.15) is 11.5 Å². The molecule has 1 saturated heterocycles. The number of carbonyl (C=O) groups is 2. The maximum atomic E-state index is 13.6. The minimum absolute atomic E-state index is 0.0627. The Morgan fingerprint density at radius 1 is 1.06 bits per heavy atom. The number of hydrogen-bond donors (Lipinski definition) is 1. The average molecular weight is 487 g/mol. The van der Waals surface area contributed by atoms with E-state index in [0.717, 1.165) is 24.9 Å². The van der Waals surface area contributed by atoms with Crippen LogP contribution in [0.2, 0.25) is 0 Å². The van der Waals surface area contributed by atoms with Gasteiger partial charge < -0.3 is 9.52 Å². The molecule has 1 aliphatic heterocycles. The predicted molar refractivity (Wildman–Crippen MR) is 138 cm³/mol. The molecule has 178 valence electrons. The lowest BCUT2D eigenvalue weighted by Crippen LogP contribution is -2.44. The molecule has 0 spiro atoms. The molecular weight excluding hydrogens is 460 g/mol. The standard InChI is InChI=1S/C28H26N2O4S/c1-18-9-5-8-14-23(18)30-26(31)25(35-28(30)29-19-10-3-2-4-11-19)17-20-15-16-24(34-20)21-12-6-7-13-22(21)27(32)33/h2-4,6-7,10-13,15-18,23H,5,8-9,14H2,1H3,(H,32,33)/b25-17-,29-28?/t18-,23-/m1/s1. The molecule has 5 rings (SSSR count). The first-order chi connectivity index (χ1) is 17.0. The van der Waals surface area contributed by atoms with Crippen LogP contribution in [0.3, 0.4) is 0 Å². The number of para-hydroxylation sites is 1. The molecule has 1 N–H and O–H groups in total. The number of amides is 1. The van der Waals surface area contributed by atoms with Crippen molar-refractivity contribution in [1.82, 2.24) is 4.90 Å². The number of furan rings is 1. The lowest BCUT2D eigenvalue weighted by atomic mass is 9.85. The van der Waals surface area contributed by atoms with E-state index in [1.807, 2.05) is 35.2 Å². The number of benzene rings is 2. The first-order valence-electron chi connectivity index (χ1n) is 11.8. The number of aromatic carboxylic acids is 1. The van der Waals surface area contributed by atoms with Crippen LogP contribution in [-0.4, -0.2) is 33.1 Å². The second-order valence-electron chi connectivity index (χ2n) is 8.90. The molecule has 2 aliphatic rings. The number of aliphatic imine (C=N–C) groups is 1. The maximum Gasteiger partial charge on any atom is 0.336 e. The fraction of sp³-hybridized carbons (Fsp3) is 0.250. The van der Waals surface area contributed by atoms with Gasteiger partial charge in [0.05, 0.1) is 16.2 Å². The number of amidine groups is 1. The van der Waals surface area contributed by atoms with Gasteiger partial charge in [-0.2, -0.15) is 0 Å². The van der Waals surface area contributed by atoms with Crippen molar-refractivity contribution in [2.24, 2.45) is 10.9 Å². The molecule has 1 saturated carbocycles. The Hall–Kier alpha value is -3.58. The smallest absolute Gasteiger partial charge is 0.336 e. The predicted octanol–water partition coefficient (Wildman–Crippen LogP) is 6.83. The van der Waals surface area contributed by atoms with E-state index in [1.54, 1.807) is 42.5 Å². The van der Waals surface area contributed by atoms with Crippen molar-refractivity contribution in [2.75, 3.05) is 0 Å². The van der Waals surface area contributed by atoms with E-state index < -0.39 is 5.97 Å². The van der Waals surface area contributed by atoms with E-state index in [1.165, 1.54) is 18.2 Å². The molecule has 0 bridgehead atoms. The van der Waals surface area contributed by atoms with E-state index in [9.17, 15) is 14.7 Å².